The van der Waals surface area contributed by atoms with Gasteiger partial charge >= 0.3 is 5.97 Å². The van der Waals surface area contributed by atoms with E-state index in [1.807, 2.05) is 76.2 Å². The van der Waals surface area contributed by atoms with Crippen LogP contribution in [0.5, 0.6) is 5.75 Å². The third-order valence-electron chi connectivity index (χ3n) is 15.2. The summed E-state index contributed by atoms with van der Waals surface area (Å²) in [7, 11) is 3.63. The van der Waals surface area contributed by atoms with Crippen molar-refractivity contribution in [2.75, 3.05) is 33.8 Å². The number of nitrogens with one attached hydrogen (secondary N) is 2. The van der Waals surface area contributed by atoms with E-state index in [-0.39, 0.29) is 43.9 Å². The van der Waals surface area contributed by atoms with Gasteiger partial charge in [0.15, 0.2) is 18.7 Å². The number of benzene rings is 2. The van der Waals surface area contributed by atoms with Crippen LogP contribution in [0.15, 0.2) is 60.7 Å². The van der Waals surface area contributed by atoms with E-state index in [2.05, 4.69) is 41.6 Å². The van der Waals surface area contributed by atoms with E-state index in [1.165, 1.54) is 6.92 Å². The zero-order valence-corrected chi connectivity index (χ0v) is 43.2. The summed E-state index contributed by atoms with van der Waals surface area (Å²) in [6.07, 6.45) is -6.22. The maximum absolute atomic E-state index is 14.7. The molecule has 68 heavy (non-hydrogen) atoms. The Labute approximate surface area is 406 Å². The van der Waals surface area contributed by atoms with E-state index in [1.54, 1.807) is 41.7 Å². The summed E-state index contributed by atoms with van der Waals surface area (Å²) in [5, 5.41) is 55.4. The van der Waals surface area contributed by atoms with Gasteiger partial charge in [-0.05, 0) is 118 Å². The Balaban J connectivity index is 1.62. The van der Waals surface area contributed by atoms with Crippen molar-refractivity contribution in [3.63, 3.8) is 0 Å². The molecule has 2 aromatic rings. The second kappa shape index (κ2) is 24.1. The zero-order chi connectivity index (χ0) is 50.2. The molecule has 3 fully saturated rings. The lowest BCUT2D eigenvalue weighted by molar-refractivity contribution is -0.336. The third kappa shape index (κ3) is 13.2. The molecule has 2 aromatic carbocycles. The molecule has 386 valence electrons. The number of hydrogen-bond donors (Lipinski definition) is 6. The van der Waals surface area contributed by atoms with Crippen LogP contribution in [0.1, 0.15) is 114 Å². The van der Waals surface area contributed by atoms with Gasteiger partial charge in [-0.3, -0.25) is 9.69 Å². The third-order valence-corrected chi connectivity index (χ3v) is 15.2. The number of methoxy groups -OCH3 is 1. The minimum absolute atomic E-state index is 0.0931. The standard InChI is InChI=1S/C53H87N3O12/c1-14-26-54-32-53(61)38(8)64-43(29-51(53,10)62-13)67-44-35(5)47(50(9,59)28-33(3)30-55-37(7)46(57)52(11,60)42(15-2)66-48(58)36(44)6)68-49-45(65-40-24-20-17-21-25-40)41(27-34(4)63-49)56(12)31-39-22-18-16-19-23-39/h16-25,33-38,41-47,49,54-55,57,59-61H,14-15,26-32H2,1-13H3/t33-,34-,35+,36-,37-,38+,41+,42-,43+,44+,45-,46-,47-,49+,50-,51-,52-,53+/m1/s1. The van der Waals surface area contributed by atoms with Gasteiger partial charge in [0, 0.05) is 38.6 Å². The van der Waals surface area contributed by atoms with Crippen molar-refractivity contribution >= 4 is 5.97 Å². The molecule has 0 radical (unpaired) electrons. The molecule has 0 spiro atoms. The summed E-state index contributed by atoms with van der Waals surface area (Å²) in [5.74, 6) is -2.05. The molecule has 15 nitrogen and oxygen atoms in total. The average molecular weight is 958 g/mol. The van der Waals surface area contributed by atoms with Crippen LogP contribution < -0.4 is 15.4 Å². The van der Waals surface area contributed by atoms with Crippen molar-refractivity contribution in [2.24, 2.45) is 17.8 Å². The molecule has 18 atom stereocenters. The number of nitrogens with zero attached hydrogens (tertiary/aromatic N) is 1. The molecule has 5 rings (SSSR count). The van der Waals surface area contributed by atoms with E-state index < -0.39 is 95.5 Å². The van der Waals surface area contributed by atoms with Crippen LogP contribution in [0.2, 0.25) is 0 Å². The maximum Gasteiger partial charge on any atom is 0.311 e. The highest BCUT2D eigenvalue weighted by atomic mass is 16.7. The van der Waals surface area contributed by atoms with Crippen LogP contribution in [0.3, 0.4) is 0 Å². The molecule has 0 aromatic heterocycles. The Morgan fingerprint density at radius 3 is 2.15 bits per heavy atom. The molecule has 3 heterocycles. The fourth-order valence-electron chi connectivity index (χ4n) is 10.9. The number of carbonyl (C=O) groups is 1. The number of hydrogen-bond acceptors (Lipinski definition) is 15. The number of rotatable bonds is 15. The molecular weight excluding hydrogens is 871 g/mol. The predicted octanol–water partition coefficient (Wildman–Crippen LogP) is 5.59. The average Bonchev–Trinajstić information content (AvgIpc) is 3.30. The van der Waals surface area contributed by atoms with Gasteiger partial charge < -0.3 is 64.2 Å². The Bertz CT molecular complexity index is 1830. The number of carbonyl (C=O) groups excluding carboxylic acids is 1. The Hall–Kier alpha value is -2.77. The van der Waals surface area contributed by atoms with Crippen molar-refractivity contribution in [3.8, 4) is 5.75 Å². The topological polar surface area (TPSA) is 190 Å². The molecule has 3 saturated heterocycles. The van der Waals surface area contributed by atoms with Gasteiger partial charge in [0.1, 0.15) is 34.8 Å². The zero-order valence-electron chi connectivity index (χ0n) is 43.2. The van der Waals surface area contributed by atoms with Crippen LogP contribution in [0, 0.1) is 17.8 Å². The van der Waals surface area contributed by atoms with Crippen LogP contribution in [-0.2, 0) is 39.8 Å². The summed E-state index contributed by atoms with van der Waals surface area (Å²) in [6, 6.07) is 19.0. The van der Waals surface area contributed by atoms with Gasteiger partial charge in [0.25, 0.3) is 0 Å². The number of likely N-dealkylation sites (N-methyl/N-ethyl adjacent to an activating group) is 1. The highest BCUT2D eigenvalue weighted by Gasteiger charge is 2.58. The van der Waals surface area contributed by atoms with Crippen LogP contribution in [0.25, 0.3) is 0 Å². The quantitative estimate of drug-likeness (QED) is 0.0958. The van der Waals surface area contributed by atoms with E-state index >= 15 is 0 Å². The number of aliphatic hydroxyl groups is 4. The summed E-state index contributed by atoms with van der Waals surface area (Å²) < 4.78 is 46.8. The molecule has 0 bridgehead atoms. The normalized spacial score (nSPS) is 41.4. The molecule has 0 saturated carbocycles. The second-order valence-corrected chi connectivity index (χ2v) is 21.0. The van der Waals surface area contributed by atoms with Gasteiger partial charge in [-0.25, -0.2) is 0 Å². The number of ether oxygens (including phenoxy) is 7. The molecular formula is C53H87N3O12. The van der Waals surface area contributed by atoms with Crippen LogP contribution in [-0.4, -0.2) is 155 Å². The fraction of sp³-hybridized carbons (Fsp3) is 0.755. The number of aliphatic hydroxyl groups excluding tert-OH is 1. The molecule has 0 amide bonds. The van der Waals surface area contributed by atoms with Crippen molar-refractivity contribution in [2.45, 2.75) is 205 Å². The van der Waals surface area contributed by atoms with Gasteiger partial charge in [0.05, 0.1) is 42.0 Å². The first kappa shape index (κ1) is 56.1. The first-order valence-corrected chi connectivity index (χ1v) is 25.1. The van der Waals surface area contributed by atoms with Crippen molar-refractivity contribution in [1.82, 2.24) is 15.5 Å². The summed E-state index contributed by atoms with van der Waals surface area (Å²) in [4.78, 5) is 17.0. The van der Waals surface area contributed by atoms with Gasteiger partial charge in [-0.15, -0.1) is 0 Å². The number of cyclic esters (lactones) is 1. The molecule has 15 heteroatoms. The predicted molar refractivity (Wildman–Crippen MR) is 261 cm³/mol. The summed E-state index contributed by atoms with van der Waals surface area (Å²) >= 11 is 0. The highest BCUT2D eigenvalue weighted by Crippen LogP contribution is 2.43. The Morgan fingerprint density at radius 2 is 1.53 bits per heavy atom. The van der Waals surface area contributed by atoms with Gasteiger partial charge in [0.2, 0.25) is 0 Å². The highest BCUT2D eigenvalue weighted by molar-refractivity contribution is 5.73. The van der Waals surface area contributed by atoms with E-state index in [0.29, 0.717) is 31.8 Å². The minimum Gasteiger partial charge on any atom is -0.483 e. The van der Waals surface area contributed by atoms with Crippen molar-refractivity contribution in [1.29, 1.82) is 0 Å². The van der Waals surface area contributed by atoms with E-state index in [0.717, 1.165) is 12.0 Å². The fourth-order valence-corrected chi connectivity index (χ4v) is 10.9. The van der Waals surface area contributed by atoms with Gasteiger partial charge in [-0.2, -0.15) is 0 Å². The van der Waals surface area contributed by atoms with Crippen molar-refractivity contribution in [3.05, 3.63) is 66.2 Å². The number of esters is 1. The minimum atomic E-state index is -1.83. The van der Waals surface area contributed by atoms with Gasteiger partial charge in [-0.1, -0.05) is 76.2 Å². The molecule has 6 N–H and O–H groups in total. The van der Waals surface area contributed by atoms with Crippen molar-refractivity contribution < 1.29 is 58.4 Å². The number of para-hydroxylation sites is 1. The largest absolute Gasteiger partial charge is 0.483 e. The Morgan fingerprint density at radius 1 is 0.882 bits per heavy atom. The van der Waals surface area contributed by atoms with Crippen LogP contribution >= 0.6 is 0 Å². The first-order chi connectivity index (χ1) is 32.0. The van der Waals surface area contributed by atoms with Crippen LogP contribution in [0.4, 0.5) is 0 Å². The summed E-state index contributed by atoms with van der Waals surface area (Å²) in [6.45, 7) is 22.0. The molecule has 0 aliphatic carbocycles. The van der Waals surface area contributed by atoms with E-state index in [4.69, 9.17) is 33.2 Å². The molecule has 3 aliphatic heterocycles. The maximum atomic E-state index is 14.7. The smallest absolute Gasteiger partial charge is 0.311 e. The Kier molecular flexibility index (Phi) is 19.9. The van der Waals surface area contributed by atoms with E-state index in [9.17, 15) is 25.2 Å². The first-order valence-electron chi connectivity index (χ1n) is 25.1. The lowest BCUT2D eigenvalue weighted by atomic mass is 9.75. The lowest BCUT2D eigenvalue weighted by Crippen LogP contribution is -2.70. The molecule has 3 aliphatic rings. The second-order valence-electron chi connectivity index (χ2n) is 21.0. The SMILES string of the molecule is CCCNC[C@]1(O)[C@H](C)O[C@@H](O[C@H]2[C@H](C)[C@@H](O[C@@H]3O[C@H](C)C[C@H](N(C)Cc4ccccc4)[C@H]3Oc3ccccc3)[C@](C)(O)C[C@@H](C)CN[C@H](C)[C@@H](O)[C@](C)(O)[C@@H](CC)OC(=O)[C@@H]2C)C[C@@]1(C)OC. The summed E-state index contributed by atoms with van der Waals surface area (Å²) in [5.41, 5.74) is -4.88. The molecule has 0 unspecified atom stereocenters. The monoisotopic (exact) mass is 958 g/mol. The lowest BCUT2D eigenvalue weighted by Gasteiger charge is -2.53.